The van der Waals surface area contributed by atoms with Gasteiger partial charge in [-0.05, 0) is 42.3 Å². The van der Waals surface area contributed by atoms with E-state index in [-0.39, 0.29) is 17.1 Å². The molecule has 2 aromatic carbocycles. The van der Waals surface area contributed by atoms with Crippen molar-refractivity contribution in [2.45, 2.75) is 13.3 Å². The van der Waals surface area contributed by atoms with Crippen LogP contribution >= 0.6 is 11.6 Å². The maximum Gasteiger partial charge on any atom is 0.141 e. The van der Waals surface area contributed by atoms with E-state index < -0.39 is 5.82 Å². The zero-order valence-corrected chi connectivity index (χ0v) is 11.7. The van der Waals surface area contributed by atoms with Gasteiger partial charge in [-0.15, -0.1) is 0 Å². The summed E-state index contributed by atoms with van der Waals surface area (Å²) in [6.45, 7) is 1.98. The van der Waals surface area contributed by atoms with E-state index in [1.165, 1.54) is 12.1 Å². The van der Waals surface area contributed by atoms with E-state index in [1.807, 2.05) is 6.92 Å². The third-order valence-electron chi connectivity index (χ3n) is 2.87. The molecule has 0 aliphatic carbocycles. The monoisotopic (exact) mass is 292 g/mol. The fraction of sp³-hybridized carbons (Fsp3) is 0.133. The molecule has 0 saturated heterocycles. The first-order valence-electron chi connectivity index (χ1n) is 6.12. The molecule has 0 radical (unpaired) electrons. The van der Waals surface area contributed by atoms with Crippen LogP contribution in [0, 0.1) is 11.2 Å². The SMILES string of the molecule is CCc1cc(Oc2cccc(F)c2C(=N)N)ccc1Cl. The van der Waals surface area contributed by atoms with Gasteiger partial charge >= 0.3 is 0 Å². The van der Waals surface area contributed by atoms with E-state index in [9.17, 15) is 4.39 Å². The summed E-state index contributed by atoms with van der Waals surface area (Å²) < 4.78 is 19.3. The second-order valence-electron chi connectivity index (χ2n) is 4.24. The van der Waals surface area contributed by atoms with Crippen molar-refractivity contribution in [1.82, 2.24) is 0 Å². The summed E-state index contributed by atoms with van der Waals surface area (Å²) >= 11 is 6.04. The van der Waals surface area contributed by atoms with Gasteiger partial charge in [0.2, 0.25) is 0 Å². The quantitative estimate of drug-likeness (QED) is 0.658. The Bertz CT molecular complexity index is 658. The fourth-order valence-electron chi connectivity index (χ4n) is 1.86. The number of aryl methyl sites for hydroxylation is 1. The summed E-state index contributed by atoms with van der Waals surface area (Å²) in [5.74, 6) is -0.219. The van der Waals surface area contributed by atoms with E-state index in [2.05, 4.69) is 0 Å². The van der Waals surface area contributed by atoms with Crippen LogP contribution in [0.4, 0.5) is 4.39 Å². The van der Waals surface area contributed by atoms with Gasteiger partial charge in [-0.3, -0.25) is 5.41 Å². The lowest BCUT2D eigenvalue weighted by Crippen LogP contribution is -2.14. The molecule has 5 heteroatoms. The zero-order chi connectivity index (χ0) is 14.7. The Kier molecular flexibility index (Phi) is 4.25. The molecular weight excluding hydrogens is 279 g/mol. The number of halogens is 2. The van der Waals surface area contributed by atoms with Crippen molar-refractivity contribution in [3.63, 3.8) is 0 Å². The molecule has 0 amide bonds. The molecule has 3 N–H and O–H groups in total. The van der Waals surface area contributed by atoms with Gasteiger partial charge in [-0.1, -0.05) is 24.6 Å². The Morgan fingerprint density at radius 1 is 1.35 bits per heavy atom. The minimum Gasteiger partial charge on any atom is -0.456 e. The number of nitrogens with one attached hydrogen (secondary N) is 1. The first-order chi connectivity index (χ1) is 9.52. The van der Waals surface area contributed by atoms with E-state index in [4.69, 9.17) is 27.5 Å². The van der Waals surface area contributed by atoms with Crippen LogP contribution in [0.25, 0.3) is 0 Å². The predicted octanol–water partition coefficient (Wildman–Crippen LogP) is 4.12. The molecule has 0 atom stereocenters. The maximum absolute atomic E-state index is 13.7. The van der Waals surface area contributed by atoms with Crippen molar-refractivity contribution >= 4 is 17.4 Å². The number of hydrogen-bond donors (Lipinski definition) is 2. The van der Waals surface area contributed by atoms with Crippen LogP contribution in [0.2, 0.25) is 5.02 Å². The van der Waals surface area contributed by atoms with Crippen molar-refractivity contribution in [3.8, 4) is 11.5 Å². The average Bonchev–Trinajstić information content (AvgIpc) is 2.40. The fourth-order valence-corrected chi connectivity index (χ4v) is 2.11. The Balaban J connectivity index is 2.40. The lowest BCUT2D eigenvalue weighted by atomic mass is 10.1. The van der Waals surface area contributed by atoms with E-state index in [0.29, 0.717) is 10.8 Å². The van der Waals surface area contributed by atoms with Gasteiger partial charge in [-0.2, -0.15) is 0 Å². The highest BCUT2D eigenvalue weighted by Crippen LogP contribution is 2.29. The molecular formula is C15H14ClFN2O. The highest BCUT2D eigenvalue weighted by atomic mass is 35.5. The number of hydrogen-bond acceptors (Lipinski definition) is 2. The minimum atomic E-state index is -0.584. The van der Waals surface area contributed by atoms with E-state index in [0.717, 1.165) is 12.0 Å². The Morgan fingerprint density at radius 2 is 2.10 bits per heavy atom. The molecule has 20 heavy (non-hydrogen) atoms. The molecule has 0 aliphatic rings. The molecule has 0 aromatic heterocycles. The van der Waals surface area contributed by atoms with Crippen molar-refractivity contribution in [1.29, 1.82) is 5.41 Å². The van der Waals surface area contributed by atoms with Crippen LogP contribution in [-0.4, -0.2) is 5.84 Å². The summed E-state index contributed by atoms with van der Waals surface area (Å²) in [7, 11) is 0. The lowest BCUT2D eigenvalue weighted by Gasteiger charge is -2.12. The van der Waals surface area contributed by atoms with E-state index >= 15 is 0 Å². The Hall–Kier alpha value is -2.07. The number of benzene rings is 2. The van der Waals surface area contributed by atoms with Crippen LogP contribution in [0.3, 0.4) is 0 Å². The van der Waals surface area contributed by atoms with Crippen LogP contribution < -0.4 is 10.5 Å². The molecule has 0 heterocycles. The highest BCUT2D eigenvalue weighted by molar-refractivity contribution is 6.31. The normalized spacial score (nSPS) is 10.3. The molecule has 0 saturated carbocycles. The minimum absolute atomic E-state index is 0.0412. The van der Waals surface area contributed by atoms with Crippen molar-refractivity contribution in [2.24, 2.45) is 5.73 Å². The summed E-state index contributed by atoms with van der Waals surface area (Å²) in [6, 6.07) is 9.52. The second-order valence-corrected chi connectivity index (χ2v) is 4.64. The Labute approximate surface area is 121 Å². The molecule has 3 nitrogen and oxygen atoms in total. The molecule has 0 spiro atoms. The predicted molar refractivity (Wildman–Crippen MR) is 78.3 cm³/mol. The molecule has 0 bridgehead atoms. The van der Waals surface area contributed by atoms with Gasteiger partial charge < -0.3 is 10.5 Å². The van der Waals surface area contributed by atoms with Gasteiger partial charge in [0.25, 0.3) is 0 Å². The molecule has 2 aromatic rings. The number of nitrogen functional groups attached to an aromatic ring is 1. The number of amidine groups is 1. The van der Waals surface area contributed by atoms with E-state index in [1.54, 1.807) is 24.3 Å². The molecule has 0 fully saturated rings. The zero-order valence-electron chi connectivity index (χ0n) is 10.9. The molecule has 0 unspecified atom stereocenters. The molecule has 2 rings (SSSR count). The van der Waals surface area contributed by atoms with Gasteiger partial charge in [0.05, 0.1) is 5.56 Å². The average molecular weight is 293 g/mol. The first kappa shape index (κ1) is 14.3. The van der Waals surface area contributed by atoms with Crippen LogP contribution in [0.1, 0.15) is 18.1 Å². The number of rotatable bonds is 4. The topological polar surface area (TPSA) is 59.1 Å². The standard InChI is InChI=1S/C15H14ClFN2O/c1-2-9-8-10(6-7-11(9)16)20-13-5-3-4-12(17)14(13)15(18)19/h3-8H,2H2,1H3,(H3,18,19). The number of ether oxygens (including phenoxy) is 1. The first-order valence-corrected chi connectivity index (χ1v) is 6.50. The third kappa shape index (κ3) is 2.91. The summed E-state index contributed by atoms with van der Waals surface area (Å²) in [6.07, 6.45) is 0.763. The molecule has 104 valence electrons. The van der Waals surface area contributed by atoms with Gasteiger partial charge in [0.15, 0.2) is 0 Å². The summed E-state index contributed by atoms with van der Waals surface area (Å²) in [4.78, 5) is 0. The number of nitrogens with two attached hydrogens (primary N) is 1. The van der Waals surface area contributed by atoms with Crippen LogP contribution in [0.5, 0.6) is 11.5 Å². The summed E-state index contributed by atoms with van der Waals surface area (Å²) in [5.41, 5.74) is 6.29. The molecule has 0 aliphatic heterocycles. The Morgan fingerprint density at radius 3 is 2.75 bits per heavy atom. The highest BCUT2D eigenvalue weighted by Gasteiger charge is 2.13. The van der Waals surface area contributed by atoms with Crippen molar-refractivity contribution in [3.05, 3.63) is 58.4 Å². The van der Waals surface area contributed by atoms with Crippen LogP contribution in [0.15, 0.2) is 36.4 Å². The van der Waals surface area contributed by atoms with Crippen molar-refractivity contribution in [2.75, 3.05) is 0 Å². The van der Waals surface area contributed by atoms with Gasteiger partial charge in [-0.25, -0.2) is 4.39 Å². The van der Waals surface area contributed by atoms with Gasteiger partial charge in [0.1, 0.15) is 23.2 Å². The summed E-state index contributed by atoms with van der Waals surface area (Å²) in [5, 5.41) is 8.09. The van der Waals surface area contributed by atoms with Gasteiger partial charge in [0, 0.05) is 5.02 Å². The van der Waals surface area contributed by atoms with Crippen molar-refractivity contribution < 1.29 is 9.13 Å². The van der Waals surface area contributed by atoms with Crippen LogP contribution in [-0.2, 0) is 6.42 Å². The third-order valence-corrected chi connectivity index (χ3v) is 3.24. The second kappa shape index (κ2) is 5.92. The maximum atomic E-state index is 13.7. The smallest absolute Gasteiger partial charge is 0.141 e. The largest absolute Gasteiger partial charge is 0.456 e. The lowest BCUT2D eigenvalue weighted by molar-refractivity contribution is 0.474.